The average Bonchev–Trinajstić information content (AvgIpc) is 2.33. The maximum atomic E-state index is 10.4. The van der Waals surface area contributed by atoms with Gasteiger partial charge in [0.15, 0.2) is 5.96 Å². The van der Waals surface area contributed by atoms with E-state index >= 15 is 0 Å². The Bertz CT molecular complexity index is 205. The Morgan fingerprint density at radius 3 is 2.92 bits per heavy atom. The molecule has 1 heterocycles. The highest BCUT2D eigenvalue weighted by molar-refractivity contribution is 5.76. The molecule has 0 unspecified atom stereocenters. The largest absolute Gasteiger partial charge is 0.481 e. The second kappa shape index (κ2) is 3.42. The molecular weight excluding hydrogens is 158 g/mol. The molecule has 12 heavy (non-hydrogen) atoms. The summed E-state index contributed by atoms with van der Waals surface area (Å²) < 4.78 is 0. The number of hydrogen-bond donors (Lipinski definition) is 3. The fourth-order valence-corrected chi connectivity index (χ4v) is 1.57. The molecule has 1 aliphatic heterocycles. The monoisotopic (exact) mass is 171 g/mol. The summed E-state index contributed by atoms with van der Waals surface area (Å²) in [4.78, 5) is 12.0. The lowest BCUT2D eigenvalue weighted by atomic mass is 10.1. The molecular formula is C7H13N3O2. The van der Waals surface area contributed by atoms with Crippen LogP contribution in [0, 0.1) is 5.41 Å². The van der Waals surface area contributed by atoms with Gasteiger partial charge in [0.25, 0.3) is 0 Å². The summed E-state index contributed by atoms with van der Waals surface area (Å²) in [7, 11) is 0. The highest BCUT2D eigenvalue weighted by Gasteiger charge is 2.27. The SMILES string of the molecule is N=C(N)N1CCC[C@H]1CC(=O)O. The standard InChI is InChI=1S/C7H13N3O2/c8-7(9)10-3-1-2-5(10)4-6(11)12/h5H,1-4H2,(H3,8,9)(H,11,12)/t5-/m0/s1. The lowest BCUT2D eigenvalue weighted by molar-refractivity contribution is -0.137. The van der Waals surface area contributed by atoms with E-state index in [2.05, 4.69) is 0 Å². The summed E-state index contributed by atoms with van der Waals surface area (Å²) in [6.45, 7) is 0.716. The summed E-state index contributed by atoms with van der Waals surface area (Å²) >= 11 is 0. The van der Waals surface area contributed by atoms with E-state index in [0.717, 1.165) is 12.8 Å². The molecule has 1 rings (SSSR count). The highest BCUT2D eigenvalue weighted by atomic mass is 16.4. The number of nitrogens with zero attached hydrogens (tertiary/aromatic N) is 1. The van der Waals surface area contributed by atoms with E-state index in [-0.39, 0.29) is 18.4 Å². The van der Waals surface area contributed by atoms with Crippen molar-refractivity contribution in [1.29, 1.82) is 5.41 Å². The smallest absolute Gasteiger partial charge is 0.305 e. The molecule has 0 spiro atoms. The zero-order valence-corrected chi connectivity index (χ0v) is 6.79. The summed E-state index contributed by atoms with van der Waals surface area (Å²) in [6.07, 6.45) is 1.84. The third-order valence-corrected chi connectivity index (χ3v) is 2.10. The summed E-state index contributed by atoms with van der Waals surface area (Å²) in [6, 6.07) is -0.0694. The lowest BCUT2D eigenvalue weighted by Gasteiger charge is -2.22. The molecule has 1 atom stereocenters. The van der Waals surface area contributed by atoms with Crippen molar-refractivity contribution in [3.05, 3.63) is 0 Å². The molecule has 1 fully saturated rings. The molecule has 4 N–H and O–H groups in total. The number of likely N-dealkylation sites (tertiary alicyclic amines) is 1. The van der Waals surface area contributed by atoms with Crippen LogP contribution in [0.4, 0.5) is 0 Å². The van der Waals surface area contributed by atoms with Gasteiger partial charge in [-0.2, -0.15) is 0 Å². The molecule has 1 saturated heterocycles. The number of guanidine groups is 1. The van der Waals surface area contributed by atoms with Crippen LogP contribution in [0.15, 0.2) is 0 Å². The molecule has 0 aromatic heterocycles. The molecule has 0 saturated carbocycles. The maximum absolute atomic E-state index is 10.4. The van der Waals surface area contributed by atoms with Gasteiger partial charge < -0.3 is 15.7 Å². The second-order valence-corrected chi connectivity index (χ2v) is 2.97. The van der Waals surface area contributed by atoms with Crippen LogP contribution in [-0.2, 0) is 4.79 Å². The second-order valence-electron chi connectivity index (χ2n) is 2.97. The molecule has 5 heteroatoms. The number of nitrogens with one attached hydrogen (secondary N) is 1. The van der Waals surface area contributed by atoms with Crippen LogP contribution >= 0.6 is 0 Å². The predicted octanol–water partition coefficient (Wildman–Crippen LogP) is -0.181. The normalized spacial score (nSPS) is 22.7. The van der Waals surface area contributed by atoms with Crippen molar-refractivity contribution in [3.63, 3.8) is 0 Å². The van der Waals surface area contributed by atoms with E-state index in [1.54, 1.807) is 4.90 Å². The van der Waals surface area contributed by atoms with Gasteiger partial charge in [0.2, 0.25) is 0 Å². The van der Waals surface area contributed by atoms with E-state index in [1.165, 1.54) is 0 Å². The van der Waals surface area contributed by atoms with Crippen LogP contribution in [0.5, 0.6) is 0 Å². The van der Waals surface area contributed by atoms with Gasteiger partial charge in [-0.3, -0.25) is 10.2 Å². The molecule has 5 nitrogen and oxygen atoms in total. The van der Waals surface area contributed by atoms with Crippen LogP contribution in [-0.4, -0.2) is 34.5 Å². The highest BCUT2D eigenvalue weighted by Crippen LogP contribution is 2.18. The third kappa shape index (κ3) is 1.87. The zero-order chi connectivity index (χ0) is 9.14. The Labute approximate surface area is 70.7 Å². The lowest BCUT2D eigenvalue weighted by Crippen LogP contribution is -2.40. The van der Waals surface area contributed by atoms with Gasteiger partial charge in [0.1, 0.15) is 0 Å². The quantitative estimate of drug-likeness (QED) is 0.397. The number of carbonyl (C=O) groups is 1. The first-order valence-electron chi connectivity index (χ1n) is 3.93. The molecule has 0 aromatic rings. The van der Waals surface area contributed by atoms with E-state index < -0.39 is 5.97 Å². The van der Waals surface area contributed by atoms with E-state index in [4.69, 9.17) is 16.2 Å². The third-order valence-electron chi connectivity index (χ3n) is 2.10. The number of carboxylic acids is 1. The van der Waals surface area contributed by atoms with Gasteiger partial charge >= 0.3 is 5.97 Å². The first-order chi connectivity index (χ1) is 5.61. The number of aliphatic carboxylic acids is 1. The fourth-order valence-electron chi connectivity index (χ4n) is 1.57. The zero-order valence-electron chi connectivity index (χ0n) is 6.79. The van der Waals surface area contributed by atoms with Crippen molar-refractivity contribution >= 4 is 11.9 Å². The number of rotatable bonds is 2. The van der Waals surface area contributed by atoms with Crippen molar-refractivity contribution in [3.8, 4) is 0 Å². The van der Waals surface area contributed by atoms with Crippen LogP contribution in [0.3, 0.4) is 0 Å². The summed E-state index contributed by atoms with van der Waals surface area (Å²) in [5, 5.41) is 15.7. The van der Waals surface area contributed by atoms with Gasteiger partial charge in [0, 0.05) is 12.6 Å². The molecule has 68 valence electrons. The van der Waals surface area contributed by atoms with Crippen LogP contribution < -0.4 is 5.73 Å². The molecule has 0 bridgehead atoms. The van der Waals surface area contributed by atoms with Gasteiger partial charge in [-0.05, 0) is 12.8 Å². The topological polar surface area (TPSA) is 90.4 Å². The van der Waals surface area contributed by atoms with Crippen molar-refractivity contribution in [2.24, 2.45) is 5.73 Å². The maximum Gasteiger partial charge on any atom is 0.305 e. The van der Waals surface area contributed by atoms with Gasteiger partial charge in [-0.1, -0.05) is 0 Å². The van der Waals surface area contributed by atoms with E-state index in [1.807, 2.05) is 0 Å². The summed E-state index contributed by atoms with van der Waals surface area (Å²) in [5.74, 6) is -0.841. The first-order valence-corrected chi connectivity index (χ1v) is 3.93. The van der Waals surface area contributed by atoms with Gasteiger partial charge in [-0.25, -0.2) is 0 Å². The number of hydrogen-bond acceptors (Lipinski definition) is 2. The van der Waals surface area contributed by atoms with Crippen LogP contribution in [0.25, 0.3) is 0 Å². The Morgan fingerprint density at radius 1 is 1.75 bits per heavy atom. The molecule has 0 radical (unpaired) electrons. The minimum atomic E-state index is -0.826. The average molecular weight is 171 g/mol. The Kier molecular flexibility index (Phi) is 2.52. The van der Waals surface area contributed by atoms with Crippen molar-refractivity contribution in [2.45, 2.75) is 25.3 Å². The molecule has 0 amide bonds. The Hall–Kier alpha value is -1.26. The van der Waals surface area contributed by atoms with Crippen LogP contribution in [0.1, 0.15) is 19.3 Å². The fraction of sp³-hybridized carbons (Fsp3) is 0.714. The number of nitrogens with two attached hydrogens (primary N) is 1. The summed E-state index contributed by atoms with van der Waals surface area (Å²) in [5.41, 5.74) is 5.28. The molecule has 1 aliphatic rings. The van der Waals surface area contributed by atoms with Crippen molar-refractivity contribution in [2.75, 3.05) is 6.54 Å². The number of carboxylic acid groups (broad SMARTS) is 1. The minimum absolute atomic E-state index is 0.0150. The Morgan fingerprint density at radius 2 is 2.42 bits per heavy atom. The minimum Gasteiger partial charge on any atom is -0.481 e. The van der Waals surface area contributed by atoms with E-state index in [9.17, 15) is 4.79 Å². The Balaban J connectivity index is 2.52. The van der Waals surface area contributed by atoms with Crippen molar-refractivity contribution < 1.29 is 9.90 Å². The van der Waals surface area contributed by atoms with Gasteiger partial charge in [0.05, 0.1) is 6.42 Å². The van der Waals surface area contributed by atoms with E-state index in [0.29, 0.717) is 6.54 Å². The van der Waals surface area contributed by atoms with Gasteiger partial charge in [-0.15, -0.1) is 0 Å². The molecule has 0 aliphatic carbocycles. The van der Waals surface area contributed by atoms with Crippen molar-refractivity contribution in [1.82, 2.24) is 4.90 Å². The molecule has 0 aromatic carbocycles. The predicted molar refractivity (Wildman–Crippen MR) is 43.9 cm³/mol. The van der Waals surface area contributed by atoms with Crippen LogP contribution in [0.2, 0.25) is 0 Å². The first kappa shape index (κ1) is 8.83.